The van der Waals surface area contributed by atoms with E-state index in [-0.39, 0.29) is 18.6 Å². The van der Waals surface area contributed by atoms with Crippen molar-refractivity contribution < 1.29 is 14.3 Å². The van der Waals surface area contributed by atoms with Crippen LogP contribution in [0.1, 0.15) is 56.1 Å². The van der Waals surface area contributed by atoms with Gasteiger partial charge in [-0.3, -0.25) is 0 Å². The third kappa shape index (κ3) is 4.24. The number of furan rings is 1. The smallest absolute Gasteiger partial charge is 0.315 e. The van der Waals surface area contributed by atoms with Crippen molar-refractivity contribution in [2.75, 3.05) is 6.54 Å². The Balaban J connectivity index is 1.86. The van der Waals surface area contributed by atoms with Crippen LogP contribution in [-0.4, -0.2) is 23.7 Å². The number of amides is 2. The highest BCUT2D eigenvalue weighted by Gasteiger charge is 2.28. The second-order valence-electron chi connectivity index (χ2n) is 6.26. The average Bonchev–Trinajstić information content (AvgIpc) is 2.78. The summed E-state index contributed by atoms with van der Waals surface area (Å²) in [4.78, 5) is 11.9. The highest BCUT2D eigenvalue weighted by molar-refractivity contribution is 5.74. The van der Waals surface area contributed by atoms with Gasteiger partial charge in [0.1, 0.15) is 17.1 Å². The van der Waals surface area contributed by atoms with Gasteiger partial charge in [-0.2, -0.15) is 0 Å². The van der Waals surface area contributed by atoms with Crippen molar-refractivity contribution >= 4 is 6.03 Å². The van der Waals surface area contributed by atoms with E-state index in [1.54, 1.807) is 6.92 Å². The molecule has 3 N–H and O–H groups in total. The van der Waals surface area contributed by atoms with Crippen molar-refractivity contribution in [3.8, 4) is 0 Å². The van der Waals surface area contributed by atoms with Gasteiger partial charge in [0, 0.05) is 11.6 Å². The summed E-state index contributed by atoms with van der Waals surface area (Å²) in [5.41, 5.74) is -0.413. The Morgan fingerprint density at radius 3 is 2.62 bits per heavy atom. The quantitative estimate of drug-likeness (QED) is 0.799. The van der Waals surface area contributed by atoms with Crippen molar-refractivity contribution in [2.24, 2.45) is 0 Å². The molecule has 2 rings (SSSR count). The number of aliphatic hydroxyl groups is 1. The van der Waals surface area contributed by atoms with Gasteiger partial charge >= 0.3 is 6.03 Å². The van der Waals surface area contributed by atoms with Gasteiger partial charge in [0.05, 0.1) is 6.54 Å². The zero-order chi connectivity index (χ0) is 15.5. The third-order valence-electron chi connectivity index (χ3n) is 4.15. The van der Waals surface area contributed by atoms with Crippen LogP contribution in [0.15, 0.2) is 10.5 Å². The first-order valence-corrected chi connectivity index (χ1v) is 7.73. The van der Waals surface area contributed by atoms with E-state index < -0.39 is 5.60 Å². The van der Waals surface area contributed by atoms with Gasteiger partial charge in [-0.25, -0.2) is 4.79 Å². The fraction of sp³-hybridized carbons (Fsp3) is 0.688. The molecule has 0 aromatic carbocycles. The van der Waals surface area contributed by atoms with Gasteiger partial charge in [-0.05, 0) is 39.7 Å². The normalized spacial score (nSPS) is 19.0. The number of rotatable bonds is 4. The lowest BCUT2D eigenvalue weighted by molar-refractivity contribution is 0.0577. The standard InChI is InChI=1S/C16H26N2O3/c1-11-9-14(12(2)21-11)16(3,20)10-17-15(19)18-13-7-5-4-6-8-13/h9,13,20H,4-8,10H2,1-3H3,(H2,17,18,19). The molecule has 1 aromatic rings. The summed E-state index contributed by atoms with van der Waals surface area (Å²) in [6.07, 6.45) is 5.70. The van der Waals surface area contributed by atoms with Crippen LogP contribution in [0.4, 0.5) is 4.79 Å². The average molecular weight is 294 g/mol. The number of carbonyl (C=O) groups excluding carboxylic acids is 1. The van der Waals surface area contributed by atoms with Gasteiger partial charge in [-0.1, -0.05) is 19.3 Å². The molecule has 1 aliphatic rings. The Labute approximate surface area is 126 Å². The minimum Gasteiger partial charge on any atom is -0.466 e. The molecule has 0 aliphatic heterocycles. The van der Waals surface area contributed by atoms with Crippen LogP contribution in [0.25, 0.3) is 0 Å². The fourth-order valence-corrected chi connectivity index (χ4v) is 3.00. The highest BCUT2D eigenvalue weighted by atomic mass is 16.3. The summed E-state index contributed by atoms with van der Waals surface area (Å²) in [7, 11) is 0. The summed E-state index contributed by atoms with van der Waals surface area (Å²) in [5, 5.41) is 16.3. The maximum Gasteiger partial charge on any atom is 0.315 e. The summed E-state index contributed by atoms with van der Waals surface area (Å²) < 4.78 is 5.44. The predicted octanol–water partition coefficient (Wildman–Crippen LogP) is 2.74. The zero-order valence-electron chi connectivity index (χ0n) is 13.2. The third-order valence-corrected chi connectivity index (χ3v) is 4.15. The molecule has 1 atom stereocenters. The number of hydrogen-bond acceptors (Lipinski definition) is 3. The molecule has 5 heteroatoms. The van der Waals surface area contributed by atoms with Crippen LogP contribution in [0.2, 0.25) is 0 Å². The second-order valence-corrected chi connectivity index (χ2v) is 6.26. The van der Waals surface area contributed by atoms with Crippen molar-refractivity contribution in [1.29, 1.82) is 0 Å². The monoisotopic (exact) mass is 294 g/mol. The topological polar surface area (TPSA) is 74.5 Å². The molecule has 5 nitrogen and oxygen atoms in total. The van der Waals surface area contributed by atoms with E-state index in [2.05, 4.69) is 10.6 Å². The molecule has 1 heterocycles. The molecule has 1 unspecified atom stereocenters. The second kappa shape index (κ2) is 6.52. The zero-order valence-corrected chi connectivity index (χ0v) is 13.2. The summed E-state index contributed by atoms with van der Waals surface area (Å²) in [6, 6.07) is 1.87. The lowest BCUT2D eigenvalue weighted by atomic mass is 9.95. The first kappa shape index (κ1) is 15.9. The van der Waals surface area contributed by atoms with E-state index in [9.17, 15) is 9.90 Å². The molecule has 1 fully saturated rings. The van der Waals surface area contributed by atoms with Gasteiger partial charge in [0.2, 0.25) is 0 Å². The van der Waals surface area contributed by atoms with Gasteiger partial charge in [0.15, 0.2) is 0 Å². The molecule has 0 saturated heterocycles. The summed E-state index contributed by atoms with van der Waals surface area (Å²) in [5.74, 6) is 1.45. The minimum absolute atomic E-state index is 0.158. The molecule has 1 aromatic heterocycles. The van der Waals surface area contributed by atoms with Crippen molar-refractivity contribution in [3.05, 3.63) is 23.2 Å². The van der Waals surface area contributed by atoms with E-state index in [0.717, 1.165) is 24.2 Å². The maximum absolute atomic E-state index is 11.9. The molecule has 1 aliphatic carbocycles. The summed E-state index contributed by atoms with van der Waals surface area (Å²) in [6.45, 7) is 5.51. The first-order valence-electron chi connectivity index (χ1n) is 7.73. The Kier molecular flexibility index (Phi) is 4.93. The fourth-order valence-electron chi connectivity index (χ4n) is 3.00. The van der Waals surface area contributed by atoms with Crippen LogP contribution in [-0.2, 0) is 5.60 Å². The Hall–Kier alpha value is -1.49. The van der Waals surface area contributed by atoms with Gasteiger partial charge in [0.25, 0.3) is 0 Å². The molecule has 0 bridgehead atoms. The SMILES string of the molecule is Cc1cc(C(C)(O)CNC(=O)NC2CCCCC2)c(C)o1. The minimum atomic E-state index is -1.13. The van der Waals surface area contributed by atoms with E-state index in [0.29, 0.717) is 5.76 Å². The Morgan fingerprint density at radius 2 is 2.05 bits per heavy atom. The van der Waals surface area contributed by atoms with Crippen LogP contribution >= 0.6 is 0 Å². The molecule has 0 radical (unpaired) electrons. The molecule has 21 heavy (non-hydrogen) atoms. The largest absolute Gasteiger partial charge is 0.466 e. The highest BCUT2D eigenvalue weighted by Crippen LogP contribution is 2.26. The van der Waals surface area contributed by atoms with Crippen molar-refractivity contribution in [2.45, 2.75) is 64.5 Å². The Morgan fingerprint density at radius 1 is 1.38 bits per heavy atom. The van der Waals surface area contributed by atoms with Crippen LogP contribution in [0.5, 0.6) is 0 Å². The molecule has 2 amide bonds. The first-order chi connectivity index (χ1) is 9.88. The van der Waals surface area contributed by atoms with Crippen molar-refractivity contribution in [3.63, 3.8) is 0 Å². The van der Waals surface area contributed by atoms with E-state index in [1.807, 2.05) is 19.9 Å². The predicted molar refractivity (Wildman–Crippen MR) is 81.2 cm³/mol. The number of aryl methyl sites for hydroxylation is 2. The molecule has 0 spiro atoms. The number of urea groups is 1. The molecular formula is C16H26N2O3. The number of nitrogens with one attached hydrogen (secondary N) is 2. The molecule has 118 valence electrons. The van der Waals surface area contributed by atoms with E-state index in [1.165, 1.54) is 19.3 Å². The van der Waals surface area contributed by atoms with Crippen LogP contribution in [0.3, 0.4) is 0 Å². The molecular weight excluding hydrogens is 268 g/mol. The summed E-state index contributed by atoms with van der Waals surface area (Å²) >= 11 is 0. The van der Waals surface area contributed by atoms with E-state index >= 15 is 0 Å². The van der Waals surface area contributed by atoms with Crippen molar-refractivity contribution in [1.82, 2.24) is 10.6 Å². The van der Waals surface area contributed by atoms with Crippen LogP contribution < -0.4 is 10.6 Å². The molecule has 1 saturated carbocycles. The van der Waals surface area contributed by atoms with E-state index in [4.69, 9.17) is 4.42 Å². The lowest BCUT2D eigenvalue weighted by Crippen LogP contribution is -2.47. The maximum atomic E-state index is 11.9. The van der Waals surface area contributed by atoms with Gasteiger partial charge in [-0.15, -0.1) is 0 Å². The number of carbonyl (C=O) groups is 1. The Bertz CT molecular complexity index is 488. The van der Waals surface area contributed by atoms with Crippen LogP contribution in [0, 0.1) is 13.8 Å². The number of hydrogen-bond donors (Lipinski definition) is 3. The van der Waals surface area contributed by atoms with Gasteiger partial charge < -0.3 is 20.2 Å². The lowest BCUT2D eigenvalue weighted by Gasteiger charge is -2.26.